The summed E-state index contributed by atoms with van der Waals surface area (Å²) in [4.78, 5) is 4.42. The Kier molecular flexibility index (Phi) is 1.89. The molecule has 82 valence electrons. The van der Waals surface area contributed by atoms with E-state index in [0.717, 1.165) is 24.2 Å². The number of benzene rings is 1. The van der Waals surface area contributed by atoms with Crippen molar-refractivity contribution in [2.45, 2.75) is 19.4 Å². The molecule has 1 aromatic heterocycles. The average Bonchev–Trinajstić information content (AvgIpc) is 2.83. The molecule has 4 nitrogen and oxygen atoms in total. The fraction of sp³-hybridized carbons (Fsp3) is 0.250. The van der Waals surface area contributed by atoms with Crippen LogP contribution in [0.1, 0.15) is 12.2 Å². The Labute approximate surface area is 93.9 Å². The smallest absolute Gasteiger partial charge is 0.109 e. The molecular formula is C12H14N4. The second kappa shape index (κ2) is 3.27. The Hall–Kier alpha value is -1.97. The van der Waals surface area contributed by atoms with Gasteiger partial charge in [-0.05, 0) is 18.6 Å². The average molecular weight is 214 g/mol. The first kappa shape index (κ1) is 9.27. The number of hydrogen-bond donors (Lipinski definition) is 2. The molecule has 0 bridgehead atoms. The number of aromatic nitrogens is 2. The second-order valence-electron chi connectivity index (χ2n) is 4.16. The third-order valence-corrected chi connectivity index (χ3v) is 3.10. The van der Waals surface area contributed by atoms with E-state index in [4.69, 9.17) is 11.5 Å². The van der Waals surface area contributed by atoms with Crippen molar-refractivity contribution in [2.24, 2.45) is 0 Å². The van der Waals surface area contributed by atoms with Crippen LogP contribution in [0.4, 0.5) is 11.4 Å². The molecule has 4 N–H and O–H groups in total. The molecule has 16 heavy (non-hydrogen) atoms. The number of hydrogen-bond acceptors (Lipinski definition) is 3. The maximum absolute atomic E-state index is 5.82. The van der Waals surface area contributed by atoms with Crippen LogP contribution in [0.2, 0.25) is 0 Å². The Balaban J connectivity index is 2.11. The molecule has 3 rings (SSSR count). The first-order valence-corrected chi connectivity index (χ1v) is 5.45. The van der Waals surface area contributed by atoms with Crippen molar-refractivity contribution < 1.29 is 0 Å². The predicted molar refractivity (Wildman–Crippen MR) is 64.8 cm³/mol. The van der Waals surface area contributed by atoms with Gasteiger partial charge in [0, 0.05) is 18.5 Å². The van der Waals surface area contributed by atoms with Crippen LogP contribution in [0.3, 0.4) is 0 Å². The van der Waals surface area contributed by atoms with Crippen molar-refractivity contribution in [1.82, 2.24) is 9.55 Å². The normalized spacial score (nSPS) is 14.0. The van der Waals surface area contributed by atoms with Gasteiger partial charge >= 0.3 is 0 Å². The van der Waals surface area contributed by atoms with Crippen LogP contribution in [0.25, 0.3) is 11.3 Å². The highest BCUT2D eigenvalue weighted by atomic mass is 15.1. The minimum Gasteiger partial charge on any atom is -0.397 e. The Bertz CT molecular complexity index is 542. The van der Waals surface area contributed by atoms with Crippen LogP contribution in [-0.2, 0) is 13.0 Å². The highest BCUT2D eigenvalue weighted by Crippen LogP contribution is 2.28. The topological polar surface area (TPSA) is 69.9 Å². The SMILES string of the molecule is Nc1ccc(-c2cnc3n2CCC3)cc1N. The zero-order valence-electron chi connectivity index (χ0n) is 8.98. The number of rotatable bonds is 1. The molecule has 1 aliphatic rings. The molecule has 0 amide bonds. The molecule has 0 atom stereocenters. The maximum Gasteiger partial charge on any atom is 0.109 e. The van der Waals surface area contributed by atoms with Gasteiger partial charge in [0.15, 0.2) is 0 Å². The highest BCUT2D eigenvalue weighted by Gasteiger charge is 2.16. The molecule has 0 aliphatic carbocycles. The summed E-state index contributed by atoms with van der Waals surface area (Å²) in [5, 5.41) is 0. The van der Waals surface area contributed by atoms with E-state index in [1.165, 1.54) is 12.2 Å². The van der Waals surface area contributed by atoms with Crippen molar-refractivity contribution in [3.05, 3.63) is 30.2 Å². The number of nitrogens with two attached hydrogens (primary N) is 2. The molecule has 2 heterocycles. The lowest BCUT2D eigenvalue weighted by Crippen LogP contribution is -1.98. The van der Waals surface area contributed by atoms with E-state index in [2.05, 4.69) is 9.55 Å². The first-order valence-electron chi connectivity index (χ1n) is 5.45. The van der Waals surface area contributed by atoms with Gasteiger partial charge < -0.3 is 16.0 Å². The molecule has 1 aliphatic heterocycles. The zero-order valence-corrected chi connectivity index (χ0v) is 8.98. The summed E-state index contributed by atoms with van der Waals surface area (Å²) in [6.45, 7) is 1.05. The minimum absolute atomic E-state index is 0.630. The van der Waals surface area contributed by atoms with Gasteiger partial charge in [0.25, 0.3) is 0 Å². The largest absolute Gasteiger partial charge is 0.397 e. The van der Waals surface area contributed by atoms with E-state index in [0.29, 0.717) is 11.4 Å². The highest BCUT2D eigenvalue weighted by molar-refractivity contribution is 5.73. The Morgan fingerprint density at radius 2 is 2.06 bits per heavy atom. The van der Waals surface area contributed by atoms with Crippen LogP contribution in [-0.4, -0.2) is 9.55 Å². The fourth-order valence-corrected chi connectivity index (χ4v) is 2.22. The van der Waals surface area contributed by atoms with Crippen LogP contribution in [0.15, 0.2) is 24.4 Å². The van der Waals surface area contributed by atoms with Gasteiger partial charge in [-0.15, -0.1) is 0 Å². The third kappa shape index (κ3) is 1.26. The molecule has 0 unspecified atom stereocenters. The molecule has 0 radical (unpaired) electrons. The fourth-order valence-electron chi connectivity index (χ4n) is 2.22. The summed E-state index contributed by atoms with van der Waals surface area (Å²) >= 11 is 0. The lowest BCUT2D eigenvalue weighted by Gasteiger charge is -2.07. The van der Waals surface area contributed by atoms with Crippen molar-refractivity contribution in [3.8, 4) is 11.3 Å². The number of nitrogen functional groups attached to an aromatic ring is 2. The lowest BCUT2D eigenvalue weighted by atomic mass is 10.1. The van der Waals surface area contributed by atoms with Crippen LogP contribution >= 0.6 is 0 Å². The van der Waals surface area contributed by atoms with Gasteiger partial charge in [0.2, 0.25) is 0 Å². The molecule has 0 saturated carbocycles. The summed E-state index contributed by atoms with van der Waals surface area (Å²) in [5.41, 5.74) is 15.0. The third-order valence-electron chi connectivity index (χ3n) is 3.10. The summed E-state index contributed by atoms with van der Waals surface area (Å²) in [7, 11) is 0. The van der Waals surface area contributed by atoms with Crippen LogP contribution < -0.4 is 11.5 Å². The molecule has 1 aromatic carbocycles. The first-order chi connectivity index (χ1) is 7.75. The predicted octanol–water partition coefficient (Wildman–Crippen LogP) is 1.66. The van der Waals surface area contributed by atoms with E-state index in [1.54, 1.807) is 0 Å². The van der Waals surface area contributed by atoms with Crippen LogP contribution in [0.5, 0.6) is 0 Å². The quantitative estimate of drug-likeness (QED) is 0.709. The number of nitrogens with zero attached hydrogens (tertiary/aromatic N) is 2. The van der Waals surface area contributed by atoms with Gasteiger partial charge in [-0.1, -0.05) is 6.07 Å². The summed E-state index contributed by atoms with van der Waals surface area (Å²) < 4.78 is 2.25. The van der Waals surface area contributed by atoms with Gasteiger partial charge in [-0.3, -0.25) is 0 Å². The Morgan fingerprint density at radius 3 is 2.88 bits per heavy atom. The lowest BCUT2D eigenvalue weighted by molar-refractivity contribution is 0.756. The molecule has 0 fully saturated rings. The molecule has 0 saturated heterocycles. The molecule has 4 heteroatoms. The maximum atomic E-state index is 5.82. The van der Waals surface area contributed by atoms with Gasteiger partial charge in [-0.2, -0.15) is 0 Å². The van der Waals surface area contributed by atoms with E-state index in [9.17, 15) is 0 Å². The van der Waals surface area contributed by atoms with Crippen molar-refractivity contribution in [3.63, 3.8) is 0 Å². The second-order valence-corrected chi connectivity index (χ2v) is 4.16. The summed E-state index contributed by atoms with van der Waals surface area (Å²) in [5.74, 6) is 1.17. The number of anilines is 2. The van der Waals surface area contributed by atoms with Gasteiger partial charge in [0.05, 0.1) is 23.3 Å². The van der Waals surface area contributed by atoms with Crippen molar-refractivity contribution >= 4 is 11.4 Å². The van der Waals surface area contributed by atoms with Crippen LogP contribution in [0, 0.1) is 0 Å². The minimum atomic E-state index is 0.630. The Morgan fingerprint density at radius 1 is 1.19 bits per heavy atom. The summed E-state index contributed by atoms with van der Waals surface area (Å²) in [6, 6.07) is 5.76. The summed E-state index contributed by atoms with van der Waals surface area (Å²) in [6.07, 6.45) is 4.17. The monoisotopic (exact) mass is 214 g/mol. The van der Waals surface area contributed by atoms with E-state index in [-0.39, 0.29) is 0 Å². The van der Waals surface area contributed by atoms with Gasteiger partial charge in [-0.25, -0.2) is 4.98 Å². The van der Waals surface area contributed by atoms with Gasteiger partial charge in [0.1, 0.15) is 5.82 Å². The number of aryl methyl sites for hydroxylation is 1. The molecule has 2 aromatic rings. The van der Waals surface area contributed by atoms with Crippen molar-refractivity contribution in [2.75, 3.05) is 11.5 Å². The van der Waals surface area contributed by atoms with Crippen molar-refractivity contribution in [1.29, 1.82) is 0 Å². The van der Waals surface area contributed by atoms with E-state index in [1.807, 2.05) is 24.4 Å². The standard InChI is InChI=1S/C12H14N4/c13-9-4-3-8(6-10(9)14)11-7-15-12-2-1-5-16(11)12/h3-4,6-7H,1-2,5,13-14H2. The van der Waals surface area contributed by atoms with E-state index >= 15 is 0 Å². The number of fused-ring (bicyclic) bond motifs is 1. The zero-order chi connectivity index (χ0) is 11.1. The molecular weight excluding hydrogens is 200 g/mol. The molecule has 0 spiro atoms. The van der Waals surface area contributed by atoms with E-state index < -0.39 is 0 Å². The number of imidazole rings is 1.